The van der Waals surface area contributed by atoms with Gasteiger partial charge in [-0.25, -0.2) is 4.98 Å². The summed E-state index contributed by atoms with van der Waals surface area (Å²) in [4.78, 5) is 14.9. The summed E-state index contributed by atoms with van der Waals surface area (Å²) < 4.78 is 0. The number of benzene rings is 1. The fraction of sp³-hybridized carbons (Fsp3) is 0.231. The first-order valence-electron chi connectivity index (χ1n) is 5.40. The van der Waals surface area contributed by atoms with Crippen LogP contribution in [-0.4, -0.2) is 16.1 Å². The molecule has 88 valence electrons. The van der Waals surface area contributed by atoms with Crippen LogP contribution in [0.4, 0.5) is 0 Å². The Morgan fingerprint density at radius 2 is 2.18 bits per heavy atom. The Kier molecular flexibility index (Phi) is 3.29. The van der Waals surface area contributed by atoms with E-state index in [-0.39, 0.29) is 11.6 Å². The number of halogens is 1. The van der Waals surface area contributed by atoms with Crippen molar-refractivity contribution in [3.63, 3.8) is 0 Å². The van der Waals surface area contributed by atoms with Crippen LogP contribution in [0.1, 0.15) is 18.1 Å². The average molecular weight is 250 g/mol. The number of pyridine rings is 1. The first-order valence-corrected chi connectivity index (χ1v) is 5.78. The molecule has 0 unspecified atom stereocenters. The molecule has 1 aromatic heterocycles. The molecule has 0 amide bonds. The zero-order valence-electron chi connectivity index (χ0n) is 9.40. The summed E-state index contributed by atoms with van der Waals surface area (Å²) in [6.45, 7) is 2.07. The molecule has 0 spiro atoms. The molecule has 0 aliphatic rings. The maximum Gasteiger partial charge on any atom is 0.307 e. The number of aliphatic carboxylic acids is 1. The molecule has 2 rings (SSSR count). The number of rotatable bonds is 3. The minimum Gasteiger partial charge on any atom is -0.481 e. The highest BCUT2D eigenvalue weighted by Crippen LogP contribution is 2.22. The third-order valence-corrected chi connectivity index (χ3v) is 2.98. The molecule has 0 aliphatic carbocycles. The largest absolute Gasteiger partial charge is 0.481 e. The monoisotopic (exact) mass is 249 g/mol. The van der Waals surface area contributed by atoms with E-state index in [1.54, 1.807) is 6.07 Å². The van der Waals surface area contributed by atoms with E-state index in [0.29, 0.717) is 5.56 Å². The number of carbonyl (C=O) groups is 1. The standard InChI is InChI=1S/C13H12ClNO2/c1-2-8-3-4-11-9(5-8)6-10(7-12(16)17)13(14)15-11/h3-6H,2,7H2,1H3,(H,16,17). The molecule has 0 saturated carbocycles. The van der Waals surface area contributed by atoms with Crippen LogP contribution in [-0.2, 0) is 17.6 Å². The predicted octanol–water partition coefficient (Wildman–Crippen LogP) is 3.08. The van der Waals surface area contributed by atoms with Gasteiger partial charge in [-0.2, -0.15) is 0 Å². The molecule has 0 fully saturated rings. The van der Waals surface area contributed by atoms with Crippen molar-refractivity contribution in [2.24, 2.45) is 0 Å². The fourth-order valence-electron chi connectivity index (χ4n) is 1.75. The van der Waals surface area contributed by atoms with Gasteiger partial charge < -0.3 is 5.11 Å². The van der Waals surface area contributed by atoms with Crippen LogP contribution >= 0.6 is 11.6 Å². The van der Waals surface area contributed by atoms with Crippen molar-refractivity contribution in [1.82, 2.24) is 4.98 Å². The highest BCUT2D eigenvalue weighted by atomic mass is 35.5. The van der Waals surface area contributed by atoms with Crippen LogP contribution < -0.4 is 0 Å². The van der Waals surface area contributed by atoms with E-state index >= 15 is 0 Å². The predicted molar refractivity (Wildman–Crippen MR) is 67.5 cm³/mol. The summed E-state index contributed by atoms with van der Waals surface area (Å²) in [5.74, 6) is -0.903. The van der Waals surface area contributed by atoms with Gasteiger partial charge in [-0.15, -0.1) is 0 Å². The lowest BCUT2D eigenvalue weighted by Gasteiger charge is -2.05. The lowest BCUT2D eigenvalue weighted by Crippen LogP contribution is -2.01. The summed E-state index contributed by atoms with van der Waals surface area (Å²) in [5, 5.41) is 9.98. The van der Waals surface area contributed by atoms with E-state index in [4.69, 9.17) is 16.7 Å². The molecule has 3 nitrogen and oxygen atoms in total. The number of carboxylic acid groups (broad SMARTS) is 1. The fourth-order valence-corrected chi connectivity index (χ4v) is 1.97. The van der Waals surface area contributed by atoms with Crippen LogP contribution in [0.2, 0.25) is 5.15 Å². The summed E-state index contributed by atoms with van der Waals surface area (Å²) in [7, 11) is 0. The molecule has 1 aromatic carbocycles. The third-order valence-electron chi connectivity index (χ3n) is 2.66. The van der Waals surface area contributed by atoms with Gasteiger partial charge in [0.05, 0.1) is 11.9 Å². The molecule has 4 heteroatoms. The van der Waals surface area contributed by atoms with Gasteiger partial charge in [0.1, 0.15) is 5.15 Å². The number of fused-ring (bicyclic) bond motifs is 1. The van der Waals surface area contributed by atoms with E-state index in [0.717, 1.165) is 17.3 Å². The van der Waals surface area contributed by atoms with Gasteiger partial charge in [-0.3, -0.25) is 4.79 Å². The van der Waals surface area contributed by atoms with Gasteiger partial charge >= 0.3 is 5.97 Å². The van der Waals surface area contributed by atoms with Gasteiger partial charge in [0.2, 0.25) is 0 Å². The van der Waals surface area contributed by atoms with E-state index in [9.17, 15) is 4.79 Å². The minimum atomic E-state index is -0.903. The molecule has 1 N–H and O–H groups in total. The maximum absolute atomic E-state index is 10.7. The summed E-state index contributed by atoms with van der Waals surface area (Å²) in [6.07, 6.45) is 0.838. The summed E-state index contributed by atoms with van der Waals surface area (Å²) in [6, 6.07) is 7.73. The molecule has 0 saturated heterocycles. The molecule has 17 heavy (non-hydrogen) atoms. The van der Waals surface area contributed by atoms with Crippen LogP contribution in [0.3, 0.4) is 0 Å². The number of aryl methyl sites for hydroxylation is 1. The second-order valence-corrected chi connectivity index (χ2v) is 4.25. The first-order chi connectivity index (χ1) is 8.10. The van der Waals surface area contributed by atoms with E-state index in [1.807, 2.05) is 18.2 Å². The highest BCUT2D eigenvalue weighted by molar-refractivity contribution is 6.30. The normalized spacial score (nSPS) is 10.7. The molecule has 0 aliphatic heterocycles. The zero-order chi connectivity index (χ0) is 12.4. The van der Waals surface area contributed by atoms with Crippen LogP contribution in [0.25, 0.3) is 10.9 Å². The highest BCUT2D eigenvalue weighted by Gasteiger charge is 2.08. The van der Waals surface area contributed by atoms with Gasteiger partial charge in [-0.1, -0.05) is 24.6 Å². The second kappa shape index (κ2) is 4.72. The Hall–Kier alpha value is -1.61. The lowest BCUT2D eigenvalue weighted by atomic mass is 10.1. The Morgan fingerprint density at radius 3 is 2.82 bits per heavy atom. The molecule has 0 bridgehead atoms. The summed E-state index contributed by atoms with van der Waals surface area (Å²) in [5.41, 5.74) is 2.55. The van der Waals surface area contributed by atoms with Gasteiger partial charge in [0, 0.05) is 10.9 Å². The van der Waals surface area contributed by atoms with Crippen molar-refractivity contribution in [1.29, 1.82) is 0 Å². The third kappa shape index (κ3) is 2.56. The molecular formula is C13H12ClNO2. The van der Waals surface area contributed by atoms with Gasteiger partial charge in [-0.05, 0) is 30.2 Å². The van der Waals surface area contributed by atoms with Crippen molar-refractivity contribution in [2.45, 2.75) is 19.8 Å². The Bertz CT molecular complexity index is 581. The topological polar surface area (TPSA) is 50.2 Å². The van der Waals surface area contributed by atoms with Crippen molar-refractivity contribution in [3.8, 4) is 0 Å². The SMILES string of the molecule is CCc1ccc2nc(Cl)c(CC(=O)O)cc2c1. The second-order valence-electron chi connectivity index (χ2n) is 3.89. The zero-order valence-corrected chi connectivity index (χ0v) is 10.2. The van der Waals surface area contributed by atoms with E-state index < -0.39 is 5.97 Å². The lowest BCUT2D eigenvalue weighted by molar-refractivity contribution is -0.136. The number of hydrogen-bond donors (Lipinski definition) is 1. The number of nitrogens with zero attached hydrogens (tertiary/aromatic N) is 1. The molecule has 0 radical (unpaired) electrons. The first kappa shape index (κ1) is 11.9. The molecule has 2 aromatic rings. The van der Waals surface area contributed by atoms with Crippen molar-refractivity contribution in [3.05, 3.63) is 40.5 Å². The maximum atomic E-state index is 10.7. The Morgan fingerprint density at radius 1 is 1.41 bits per heavy atom. The van der Waals surface area contributed by atoms with Crippen LogP contribution in [0.15, 0.2) is 24.3 Å². The quantitative estimate of drug-likeness (QED) is 0.851. The van der Waals surface area contributed by atoms with Crippen molar-refractivity contribution < 1.29 is 9.90 Å². The number of carboxylic acids is 1. The molecule has 0 atom stereocenters. The van der Waals surface area contributed by atoms with Crippen molar-refractivity contribution in [2.75, 3.05) is 0 Å². The van der Waals surface area contributed by atoms with Gasteiger partial charge in [0.15, 0.2) is 0 Å². The summed E-state index contributed by atoms with van der Waals surface area (Å²) >= 11 is 5.95. The van der Waals surface area contributed by atoms with Crippen molar-refractivity contribution >= 4 is 28.5 Å². The molecule has 1 heterocycles. The van der Waals surface area contributed by atoms with E-state index in [2.05, 4.69) is 11.9 Å². The van der Waals surface area contributed by atoms with Gasteiger partial charge in [0.25, 0.3) is 0 Å². The van der Waals surface area contributed by atoms with E-state index in [1.165, 1.54) is 5.56 Å². The van der Waals surface area contributed by atoms with Crippen LogP contribution in [0.5, 0.6) is 0 Å². The Labute approximate surface area is 104 Å². The number of hydrogen-bond acceptors (Lipinski definition) is 2. The minimum absolute atomic E-state index is 0.0991. The van der Waals surface area contributed by atoms with Crippen LogP contribution in [0, 0.1) is 0 Å². The smallest absolute Gasteiger partial charge is 0.307 e. The Balaban J connectivity index is 2.55. The average Bonchev–Trinajstić information content (AvgIpc) is 2.29. The molecular weight excluding hydrogens is 238 g/mol. The number of aromatic nitrogens is 1.